The minimum absolute atomic E-state index is 0.00469. The first-order chi connectivity index (χ1) is 30.0. The number of carboxylic acids is 2. The van der Waals surface area contributed by atoms with Crippen LogP contribution >= 0.6 is 0 Å². The van der Waals surface area contributed by atoms with E-state index >= 15 is 0 Å². The van der Waals surface area contributed by atoms with Crippen LogP contribution in [0.15, 0.2) is 30.3 Å². The Morgan fingerprint density at radius 1 is 0.500 bits per heavy atom. The third kappa shape index (κ3) is 21.8. The first-order valence-corrected chi connectivity index (χ1v) is 20.0. The van der Waals surface area contributed by atoms with Crippen molar-refractivity contribution in [3.05, 3.63) is 35.9 Å². The van der Waals surface area contributed by atoms with Gasteiger partial charge in [-0.3, -0.25) is 24.0 Å². The Balaban J connectivity index is 2.84. The van der Waals surface area contributed by atoms with Crippen molar-refractivity contribution in [3.8, 4) is 0 Å². The fourth-order valence-electron chi connectivity index (χ4n) is 5.86. The Kier molecular flexibility index (Phi) is 24.1. The van der Waals surface area contributed by atoms with Crippen LogP contribution in [-0.2, 0) is 78.1 Å². The summed E-state index contributed by atoms with van der Waals surface area (Å²) in [5, 5.41) is 31.1. The topological polar surface area (TPSA) is 335 Å². The van der Waals surface area contributed by atoms with Crippen LogP contribution in [0.4, 0.5) is 4.79 Å². The van der Waals surface area contributed by atoms with E-state index in [1.54, 1.807) is 51.1 Å². The van der Waals surface area contributed by atoms with E-state index in [-0.39, 0.29) is 38.5 Å². The van der Waals surface area contributed by atoms with Gasteiger partial charge in [-0.15, -0.1) is 0 Å². The average molecular weight is 910 g/mol. The van der Waals surface area contributed by atoms with Crippen LogP contribution in [-0.4, -0.2) is 140 Å². The lowest BCUT2D eigenvalue weighted by Gasteiger charge is -2.23. The first kappa shape index (κ1) is 55.2. The predicted molar refractivity (Wildman–Crippen MR) is 219 cm³/mol. The van der Waals surface area contributed by atoms with E-state index in [4.69, 9.17) is 18.9 Å². The number of ether oxygens (including phenoxy) is 5. The number of carboxylic acid groups (broad SMARTS) is 2. The monoisotopic (exact) mass is 909 g/mol. The van der Waals surface area contributed by atoms with Crippen molar-refractivity contribution in [2.24, 2.45) is 5.92 Å². The lowest BCUT2D eigenvalue weighted by molar-refractivity contribution is -0.147. The molecule has 0 bridgehead atoms. The summed E-state index contributed by atoms with van der Waals surface area (Å²) in [4.78, 5) is 137. The molecule has 1 rings (SSSR count). The highest BCUT2D eigenvalue weighted by Gasteiger charge is 2.32. The van der Waals surface area contributed by atoms with Gasteiger partial charge in [-0.25, -0.2) is 28.8 Å². The molecule has 7 N–H and O–H groups in total. The number of nitrogens with one attached hydrogen (secondary N) is 5. The number of hydrogen-bond donors (Lipinski definition) is 7. The fourth-order valence-corrected chi connectivity index (χ4v) is 5.86. The summed E-state index contributed by atoms with van der Waals surface area (Å²) in [6.45, 7) is 4.82. The van der Waals surface area contributed by atoms with Gasteiger partial charge in [0.2, 0.25) is 23.6 Å². The molecule has 64 heavy (non-hydrogen) atoms. The van der Waals surface area contributed by atoms with Crippen LogP contribution in [0.3, 0.4) is 0 Å². The van der Waals surface area contributed by atoms with Gasteiger partial charge in [0, 0.05) is 25.7 Å². The standard InChI is InChI=1S/C41H59N5O18/c1-41(2,3)64-40(59)46-28(39(58)63-7)16-20-32(49)44-26(37(56)61-5)14-18-30(47)42-25(36(55)60-4)13-17-31(48)43-27(38(57)62-6)15-19-33(50)45-29(35(53)54)22-24(34(51)52)21-23-11-9-8-10-12-23/h8-12,24-29H,13-22H2,1-7H3,(H,42,47)(H,43,48)(H,44,49)(H,45,50)(H,46,59)(H,51,52)(H,53,54)/t24?,25-,26-,27-,28-,29-/m0/s1. The van der Waals surface area contributed by atoms with Gasteiger partial charge in [0.15, 0.2) is 0 Å². The van der Waals surface area contributed by atoms with Crippen LogP contribution in [0, 0.1) is 5.92 Å². The maximum absolute atomic E-state index is 12.9. The van der Waals surface area contributed by atoms with Crippen molar-refractivity contribution >= 4 is 65.5 Å². The van der Waals surface area contributed by atoms with E-state index in [2.05, 4.69) is 31.3 Å². The van der Waals surface area contributed by atoms with Crippen LogP contribution < -0.4 is 26.6 Å². The summed E-state index contributed by atoms with van der Waals surface area (Å²) in [6.07, 6.45) is -4.50. The maximum Gasteiger partial charge on any atom is 0.408 e. The number of benzene rings is 1. The molecule has 5 amide bonds. The molecule has 0 saturated heterocycles. The number of carbonyl (C=O) groups is 11. The highest BCUT2D eigenvalue weighted by atomic mass is 16.6. The minimum atomic E-state index is -1.59. The van der Waals surface area contributed by atoms with E-state index in [0.29, 0.717) is 5.56 Å². The average Bonchev–Trinajstić information content (AvgIpc) is 3.24. The van der Waals surface area contributed by atoms with Crippen LogP contribution in [0.2, 0.25) is 0 Å². The first-order valence-electron chi connectivity index (χ1n) is 20.0. The molecular weight excluding hydrogens is 850 g/mol. The summed E-state index contributed by atoms with van der Waals surface area (Å²) >= 11 is 0. The molecule has 1 unspecified atom stereocenters. The zero-order valence-corrected chi connectivity index (χ0v) is 36.8. The number of aliphatic carboxylic acids is 2. The number of esters is 4. The second kappa shape index (κ2) is 28.0. The molecule has 0 saturated carbocycles. The molecule has 0 radical (unpaired) electrons. The molecule has 0 aliphatic heterocycles. The van der Waals surface area contributed by atoms with Gasteiger partial charge in [0.25, 0.3) is 0 Å². The molecule has 23 heteroatoms. The van der Waals surface area contributed by atoms with Gasteiger partial charge >= 0.3 is 41.9 Å². The molecule has 6 atom stereocenters. The van der Waals surface area contributed by atoms with E-state index in [0.717, 1.165) is 28.4 Å². The number of amides is 5. The Morgan fingerprint density at radius 3 is 1.12 bits per heavy atom. The highest BCUT2D eigenvalue weighted by molar-refractivity contribution is 5.89. The lowest BCUT2D eigenvalue weighted by atomic mass is 9.92. The third-order valence-electron chi connectivity index (χ3n) is 9.11. The second-order valence-electron chi connectivity index (χ2n) is 15.2. The van der Waals surface area contributed by atoms with Gasteiger partial charge in [0.1, 0.15) is 35.8 Å². The highest BCUT2D eigenvalue weighted by Crippen LogP contribution is 2.16. The molecule has 0 spiro atoms. The molecule has 0 aliphatic carbocycles. The molecule has 1 aromatic rings. The number of carbonyl (C=O) groups excluding carboxylic acids is 9. The van der Waals surface area contributed by atoms with Gasteiger partial charge in [-0.05, 0) is 64.9 Å². The Labute approximate surface area is 369 Å². The zero-order valence-electron chi connectivity index (χ0n) is 36.8. The van der Waals surface area contributed by atoms with Crippen molar-refractivity contribution in [1.82, 2.24) is 26.6 Å². The largest absolute Gasteiger partial charge is 0.481 e. The van der Waals surface area contributed by atoms with Crippen molar-refractivity contribution in [2.75, 3.05) is 28.4 Å². The van der Waals surface area contributed by atoms with Crippen LogP contribution in [0.25, 0.3) is 0 Å². The molecule has 356 valence electrons. The van der Waals surface area contributed by atoms with Crippen LogP contribution in [0.1, 0.15) is 84.1 Å². The van der Waals surface area contributed by atoms with Crippen molar-refractivity contribution in [2.45, 2.75) is 121 Å². The number of rotatable bonds is 27. The molecular formula is C41H59N5O18. The Bertz CT molecular complexity index is 1800. The SMILES string of the molecule is COC(=O)[C@H](CCC(=O)N[C@@H](CC(Cc1ccccc1)C(=O)O)C(=O)O)NC(=O)CC[C@H](NC(=O)CC[C@H](NC(=O)CC[C@H](NC(=O)OC(C)(C)C)C(=O)OC)C(=O)OC)C(=O)OC. The normalized spacial score (nSPS) is 13.7. The molecule has 0 aromatic heterocycles. The number of methoxy groups -OCH3 is 4. The molecule has 23 nitrogen and oxygen atoms in total. The summed E-state index contributed by atoms with van der Waals surface area (Å²) in [5.41, 5.74) is -0.234. The summed E-state index contributed by atoms with van der Waals surface area (Å²) < 4.78 is 24.0. The summed E-state index contributed by atoms with van der Waals surface area (Å²) in [6, 6.07) is 1.43. The van der Waals surface area contributed by atoms with Gasteiger partial charge < -0.3 is 60.5 Å². The van der Waals surface area contributed by atoms with E-state index in [9.17, 15) is 63.0 Å². The predicted octanol–water partition coefficient (Wildman–Crippen LogP) is 0.0499. The quantitative estimate of drug-likeness (QED) is 0.0453. The van der Waals surface area contributed by atoms with Gasteiger partial charge in [-0.2, -0.15) is 0 Å². The number of hydrogen-bond acceptors (Lipinski definition) is 16. The minimum Gasteiger partial charge on any atom is -0.481 e. The number of alkyl carbamates (subject to hydrolysis) is 1. The fraction of sp³-hybridized carbons (Fsp3) is 0.585. The summed E-state index contributed by atoms with van der Waals surface area (Å²) in [7, 11) is 4.17. The zero-order chi connectivity index (χ0) is 48.6. The van der Waals surface area contributed by atoms with E-state index in [1.807, 2.05) is 0 Å². The second-order valence-corrected chi connectivity index (χ2v) is 15.2. The summed E-state index contributed by atoms with van der Waals surface area (Å²) in [5.74, 6) is -10.9. The van der Waals surface area contributed by atoms with E-state index in [1.165, 1.54) is 0 Å². The maximum atomic E-state index is 12.9. The Hall–Kier alpha value is -6.81. The van der Waals surface area contributed by atoms with Gasteiger partial charge in [-0.1, -0.05) is 30.3 Å². The Morgan fingerprint density at radius 2 is 0.828 bits per heavy atom. The van der Waals surface area contributed by atoms with Crippen molar-refractivity contribution in [3.63, 3.8) is 0 Å². The van der Waals surface area contributed by atoms with E-state index < -0.39 is 133 Å². The third-order valence-corrected chi connectivity index (χ3v) is 9.11. The molecule has 1 aromatic carbocycles. The van der Waals surface area contributed by atoms with Crippen LogP contribution in [0.5, 0.6) is 0 Å². The van der Waals surface area contributed by atoms with Crippen molar-refractivity contribution in [1.29, 1.82) is 0 Å². The van der Waals surface area contributed by atoms with Gasteiger partial charge in [0.05, 0.1) is 34.4 Å². The molecule has 0 fully saturated rings. The smallest absolute Gasteiger partial charge is 0.408 e. The van der Waals surface area contributed by atoms with Crippen molar-refractivity contribution < 1.29 is 86.6 Å². The molecule has 0 aliphatic rings. The molecule has 0 heterocycles. The lowest BCUT2D eigenvalue weighted by Crippen LogP contribution is -2.47.